The number of benzene rings is 2. The molecule has 0 heterocycles. The second-order valence-electron chi connectivity index (χ2n) is 5.95. The minimum Gasteiger partial charge on any atom is -0.507 e. The molecule has 2 aromatic carbocycles. The summed E-state index contributed by atoms with van der Waals surface area (Å²) in [7, 11) is 0. The average molecular weight is 400 g/mol. The summed E-state index contributed by atoms with van der Waals surface area (Å²) in [6.07, 6.45) is 3.05. The molecule has 0 aliphatic heterocycles. The summed E-state index contributed by atoms with van der Waals surface area (Å²) in [5.41, 5.74) is 0.871. The van der Waals surface area contributed by atoms with Gasteiger partial charge in [-0.25, -0.2) is 0 Å². The third-order valence-electron chi connectivity index (χ3n) is 3.91. The van der Waals surface area contributed by atoms with Gasteiger partial charge in [-0.2, -0.15) is 0 Å². The number of aromatic hydroxyl groups is 1. The summed E-state index contributed by atoms with van der Waals surface area (Å²) >= 11 is 0. The SMILES string of the molecule is CCOc1cc(O)c(C(=O)C=Cc2ccc(OCC)c(OCC)c2)c(OCC)c1. The number of ether oxygens (including phenoxy) is 4. The average Bonchev–Trinajstić information content (AvgIpc) is 2.68. The molecule has 0 saturated carbocycles. The van der Waals surface area contributed by atoms with Gasteiger partial charge in [-0.3, -0.25) is 4.79 Å². The third kappa shape index (κ3) is 5.91. The quantitative estimate of drug-likeness (QED) is 0.428. The van der Waals surface area contributed by atoms with Gasteiger partial charge in [0.2, 0.25) is 0 Å². The Balaban J connectivity index is 2.31. The van der Waals surface area contributed by atoms with Crippen molar-refractivity contribution in [2.24, 2.45) is 0 Å². The van der Waals surface area contributed by atoms with E-state index >= 15 is 0 Å². The Hall–Kier alpha value is -3.15. The van der Waals surface area contributed by atoms with Crippen LogP contribution in [0.4, 0.5) is 0 Å². The van der Waals surface area contributed by atoms with Crippen LogP contribution in [0.1, 0.15) is 43.6 Å². The fourth-order valence-electron chi connectivity index (χ4n) is 2.77. The van der Waals surface area contributed by atoms with Gasteiger partial charge in [-0.05, 0) is 51.5 Å². The lowest BCUT2D eigenvalue weighted by Gasteiger charge is -2.13. The van der Waals surface area contributed by atoms with Gasteiger partial charge in [0.15, 0.2) is 17.3 Å². The summed E-state index contributed by atoms with van der Waals surface area (Å²) in [6.45, 7) is 9.28. The fraction of sp³-hybridized carbons (Fsp3) is 0.348. The maximum atomic E-state index is 12.8. The second kappa shape index (κ2) is 11.0. The molecule has 2 rings (SSSR count). The minimum absolute atomic E-state index is 0.0996. The fourth-order valence-corrected chi connectivity index (χ4v) is 2.77. The molecule has 0 atom stereocenters. The highest BCUT2D eigenvalue weighted by Gasteiger charge is 2.18. The maximum absolute atomic E-state index is 12.8. The molecule has 0 aliphatic rings. The number of ketones is 1. The van der Waals surface area contributed by atoms with Crippen molar-refractivity contribution in [1.82, 2.24) is 0 Å². The van der Waals surface area contributed by atoms with E-state index < -0.39 is 0 Å². The first-order valence-corrected chi connectivity index (χ1v) is 9.78. The molecule has 0 aliphatic carbocycles. The van der Waals surface area contributed by atoms with Crippen molar-refractivity contribution in [2.45, 2.75) is 27.7 Å². The first-order chi connectivity index (χ1) is 14.0. The van der Waals surface area contributed by atoms with Crippen molar-refractivity contribution in [1.29, 1.82) is 0 Å². The van der Waals surface area contributed by atoms with Crippen LogP contribution in [-0.2, 0) is 0 Å². The highest BCUT2D eigenvalue weighted by molar-refractivity contribution is 6.10. The molecule has 156 valence electrons. The smallest absolute Gasteiger partial charge is 0.193 e. The van der Waals surface area contributed by atoms with Crippen LogP contribution in [0.5, 0.6) is 28.7 Å². The number of carbonyl (C=O) groups is 1. The molecule has 0 bridgehead atoms. The van der Waals surface area contributed by atoms with Crippen molar-refractivity contribution >= 4 is 11.9 Å². The van der Waals surface area contributed by atoms with E-state index in [1.807, 2.05) is 33.8 Å². The summed E-state index contributed by atoms with van der Waals surface area (Å²) in [4.78, 5) is 12.8. The van der Waals surface area contributed by atoms with Gasteiger partial charge < -0.3 is 24.1 Å². The normalized spacial score (nSPS) is 10.8. The lowest BCUT2D eigenvalue weighted by Crippen LogP contribution is -2.03. The zero-order chi connectivity index (χ0) is 21.2. The van der Waals surface area contributed by atoms with E-state index in [2.05, 4.69) is 0 Å². The van der Waals surface area contributed by atoms with Crippen molar-refractivity contribution in [3.05, 3.63) is 47.5 Å². The van der Waals surface area contributed by atoms with E-state index in [0.29, 0.717) is 43.7 Å². The number of carbonyl (C=O) groups excluding carboxylic acids is 1. The number of hydrogen-bond donors (Lipinski definition) is 1. The van der Waals surface area contributed by atoms with Gasteiger partial charge in [-0.15, -0.1) is 0 Å². The molecular weight excluding hydrogens is 372 g/mol. The molecule has 0 radical (unpaired) electrons. The van der Waals surface area contributed by atoms with Crippen LogP contribution < -0.4 is 18.9 Å². The summed E-state index contributed by atoms with van der Waals surface area (Å²) in [5, 5.41) is 10.4. The second-order valence-corrected chi connectivity index (χ2v) is 5.95. The van der Waals surface area contributed by atoms with E-state index in [1.165, 1.54) is 12.1 Å². The Labute approximate surface area is 171 Å². The molecule has 6 heteroatoms. The van der Waals surface area contributed by atoms with E-state index in [0.717, 1.165) is 5.56 Å². The van der Waals surface area contributed by atoms with Crippen LogP contribution in [-0.4, -0.2) is 37.3 Å². The minimum atomic E-state index is -0.374. The molecule has 0 amide bonds. The predicted molar refractivity (Wildman–Crippen MR) is 113 cm³/mol. The first kappa shape index (κ1) is 22.1. The summed E-state index contributed by atoms with van der Waals surface area (Å²) < 4.78 is 22.1. The van der Waals surface area contributed by atoms with Crippen LogP contribution in [0.25, 0.3) is 6.08 Å². The van der Waals surface area contributed by atoms with Gasteiger partial charge in [-0.1, -0.05) is 12.1 Å². The molecule has 6 nitrogen and oxygen atoms in total. The van der Waals surface area contributed by atoms with Gasteiger partial charge in [0, 0.05) is 12.1 Å². The Morgan fingerprint density at radius 1 is 0.828 bits per heavy atom. The molecule has 2 aromatic rings. The molecule has 0 aromatic heterocycles. The number of hydrogen-bond acceptors (Lipinski definition) is 6. The lowest BCUT2D eigenvalue weighted by molar-refractivity contribution is 0.104. The standard InChI is InChI=1S/C23H28O6/c1-5-26-17-14-19(25)23(22(15-17)29-8-4)18(24)11-9-16-10-12-20(27-6-2)21(13-16)28-7-3/h9-15,25H,5-8H2,1-4H3. The molecule has 29 heavy (non-hydrogen) atoms. The maximum Gasteiger partial charge on any atom is 0.193 e. The Kier molecular flexibility index (Phi) is 8.40. The van der Waals surface area contributed by atoms with Crippen molar-refractivity contribution < 1.29 is 28.8 Å². The number of phenolic OH excluding ortho intramolecular Hbond substituents is 1. The summed E-state index contributed by atoms with van der Waals surface area (Å²) in [5.74, 6) is 1.44. The zero-order valence-corrected chi connectivity index (χ0v) is 17.4. The lowest BCUT2D eigenvalue weighted by atomic mass is 10.1. The topological polar surface area (TPSA) is 74.2 Å². The third-order valence-corrected chi connectivity index (χ3v) is 3.91. The van der Waals surface area contributed by atoms with E-state index in [4.69, 9.17) is 18.9 Å². The zero-order valence-electron chi connectivity index (χ0n) is 17.4. The highest BCUT2D eigenvalue weighted by Crippen LogP contribution is 2.35. The number of rotatable bonds is 11. The first-order valence-electron chi connectivity index (χ1n) is 9.78. The number of allylic oxidation sites excluding steroid dienone is 1. The van der Waals surface area contributed by atoms with Crippen molar-refractivity contribution in [2.75, 3.05) is 26.4 Å². The molecule has 0 spiro atoms. The van der Waals surface area contributed by atoms with E-state index in [1.54, 1.807) is 24.3 Å². The molecule has 0 unspecified atom stereocenters. The molecule has 0 fully saturated rings. The predicted octanol–water partition coefficient (Wildman–Crippen LogP) is 4.88. The van der Waals surface area contributed by atoms with Gasteiger partial charge >= 0.3 is 0 Å². The molecule has 0 saturated heterocycles. The molecule has 1 N–H and O–H groups in total. The Bertz CT molecular complexity index is 857. The van der Waals surface area contributed by atoms with Gasteiger partial charge in [0.05, 0.1) is 26.4 Å². The largest absolute Gasteiger partial charge is 0.507 e. The van der Waals surface area contributed by atoms with Crippen molar-refractivity contribution in [3.8, 4) is 28.7 Å². The van der Waals surface area contributed by atoms with Crippen LogP contribution in [0.15, 0.2) is 36.4 Å². The summed E-state index contributed by atoms with van der Waals surface area (Å²) in [6, 6.07) is 8.46. The van der Waals surface area contributed by atoms with Crippen LogP contribution in [0.3, 0.4) is 0 Å². The molecular formula is C23H28O6. The Morgan fingerprint density at radius 2 is 1.45 bits per heavy atom. The van der Waals surface area contributed by atoms with E-state index in [9.17, 15) is 9.90 Å². The van der Waals surface area contributed by atoms with Crippen molar-refractivity contribution in [3.63, 3.8) is 0 Å². The monoisotopic (exact) mass is 400 g/mol. The van der Waals surface area contributed by atoms with Gasteiger partial charge in [0.1, 0.15) is 22.8 Å². The van der Waals surface area contributed by atoms with Crippen LogP contribution in [0.2, 0.25) is 0 Å². The highest BCUT2D eigenvalue weighted by atomic mass is 16.5. The van der Waals surface area contributed by atoms with Gasteiger partial charge in [0.25, 0.3) is 0 Å². The van der Waals surface area contributed by atoms with Crippen LogP contribution in [0, 0.1) is 0 Å². The van der Waals surface area contributed by atoms with E-state index in [-0.39, 0.29) is 22.8 Å². The number of phenols is 1. The van der Waals surface area contributed by atoms with Crippen LogP contribution >= 0.6 is 0 Å². The Morgan fingerprint density at radius 3 is 2.10 bits per heavy atom.